The zero-order valence-corrected chi connectivity index (χ0v) is 12.0. The Labute approximate surface area is 126 Å². The smallest absolute Gasteiger partial charge is 0.411 e. The van der Waals surface area contributed by atoms with E-state index in [0.29, 0.717) is 5.75 Å². The molecule has 2 aromatic rings. The van der Waals surface area contributed by atoms with Gasteiger partial charge in [-0.25, -0.2) is 9.18 Å². The molecule has 0 aliphatic carbocycles. The Balaban J connectivity index is 2.34. The number of carbonyl (C=O) groups is 1. The molecule has 22 heavy (non-hydrogen) atoms. The number of hydrogen-bond donors (Lipinski definition) is 2. The summed E-state index contributed by atoms with van der Waals surface area (Å²) in [5, 5.41) is 9.01. The van der Waals surface area contributed by atoms with Crippen LogP contribution in [0.15, 0.2) is 36.4 Å². The van der Waals surface area contributed by atoms with Gasteiger partial charge in [0, 0.05) is 19.2 Å². The summed E-state index contributed by atoms with van der Waals surface area (Å²) < 4.78 is 24.2. The van der Waals surface area contributed by atoms with Gasteiger partial charge in [0.1, 0.15) is 11.5 Å². The lowest BCUT2D eigenvalue weighted by atomic mass is 10.2. The molecular weight excluding hydrogens is 291 g/mol. The molecule has 0 radical (unpaired) electrons. The molecule has 0 heterocycles. The second-order valence-electron chi connectivity index (χ2n) is 4.46. The van der Waals surface area contributed by atoms with Crippen molar-refractivity contribution in [2.75, 3.05) is 24.8 Å². The zero-order valence-electron chi connectivity index (χ0n) is 12.0. The van der Waals surface area contributed by atoms with Crippen LogP contribution in [0.4, 0.5) is 20.6 Å². The van der Waals surface area contributed by atoms with E-state index in [2.05, 4.69) is 0 Å². The van der Waals surface area contributed by atoms with Crippen molar-refractivity contribution in [3.05, 3.63) is 42.2 Å². The molecule has 0 aliphatic heterocycles. The molecule has 6 nitrogen and oxygen atoms in total. The number of rotatable bonds is 4. The maximum absolute atomic E-state index is 13.7. The highest BCUT2D eigenvalue weighted by Gasteiger charge is 2.14. The first kappa shape index (κ1) is 15.4. The summed E-state index contributed by atoms with van der Waals surface area (Å²) in [6.45, 7) is 0. The van der Waals surface area contributed by atoms with Crippen LogP contribution >= 0.6 is 0 Å². The topological polar surface area (TPSA) is 85.0 Å². The Bertz CT molecular complexity index is 706. The van der Waals surface area contributed by atoms with Gasteiger partial charge in [0.25, 0.3) is 0 Å². The van der Waals surface area contributed by atoms with E-state index in [1.807, 2.05) is 0 Å². The van der Waals surface area contributed by atoms with Crippen LogP contribution in [0, 0.1) is 5.82 Å². The molecule has 0 saturated carbocycles. The van der Waals surface area contributed by atoms with E-state index < -0.39 is 11.9 Å². The second-order valence-corrected chi connectivity index (χ2v) is 4.46. The molecule has 0 aromatic heterocycles. The normalized spacial score (nSPS) is 10.1. The average molecular weight is 306 g/mol. The molecule has 1 amide bonds. The van der Waals surface area contributed by atoms with Crippen LogP contribution < -0.4 is 20.1 Å². The third kappa shape index (κ3) is 3.20. The molecule has 0 bridgehead atoms. The Hall–Kier alpha value is -2.96. The lowest BCUT2D eigenvalue weighted by Gasteiger charge is -2.17. The molecule has 2 aromatic carbocycles. The van der Waals surface area contributed by atoms with E-state index in [1.165, 1.54) is 50.6 Å². The quantitative estimate of drug-likeness (QED) is 0.846. The number of methoxy groups -OCH3 is 1. The number of ether oxygens (including phenoxy) is 2. The predicted octanol–water partition coefficient (Wildman–Crippen LogP) is 3.32. The van der Waals surface area contributed by atoms with Crippen LogP contribution in [0.5, 0.6) is 17.2 Å². The molecule has 0 unspecified atom stereocenters. The van der Waals surface area contributed by atoms with Crippen LogP contribution in [0.2, 0.25) is 0 Å². The SMILES string of the molecule is COc1ccc(F)c(Oc2ccc(N)c(N(C)C(=O)O)c2)c1. The van der Waals surface area contributed by atoms with E-state index in [-0.39, 0.29) is 22.9 Å². The van der Waals surface area contributed by atoms with E-state index >= 15 is 0 Å². The molecular formula is C15H15FN2O4. The second kappa shape index (κ2) is 6.21. The standard InChI is InChI=1S/C15H15FN2O4/c1-18(15(19)20)13-7-10(4-6-12(13)17)22-14-8-9(21-2)3-5-11(14)16/h3-8H,17H2,1-2H3,(H,19,20). The number of benzene rings is 2. The first-order chi connectivity index (χ1) is 10.4. The Morgan fingerprint density at radius 3 is 2.55 bits per heavy atom. The first-order valence-electron chi connectivity index (χ1n) is 6.30. The summed E-state index contributed by atoms with van der Waals surface area (Å²) in [5.74, 6) is 0.0954. The van der Waals surface area contributed by atoms with Gasteiger partial charge in [-0.15, -0.1) is 0 Å². The van der Waals surface area contributed by atoms with Crippen LogP contribution in [0.1, 0.15) is 0 Å². The fourth-order valence-electron chi connectivity index (χ4n) is 1.80. The number of carboxylic acid groups (broad SMARTS) is 1. The van der Waals surface area contributed by atoms with Crippen molar-refractivity contribution >= 4 is 17.5 Å². The highest BCUT2D eigenvalue weighted by Crippen LogP contribution is 2.32. The van der Waals surface area contributed by atoms with E-state index in [4.69, 9.17) is 20.3 Å². The summed E-state index contributed by atoms with van der Waals surface area (Å²) in [6.07, 6.45) is -1.17. The molecule has 0 spiro atoms. The van der Waals surface area contributed by atoms with Crippen molar-refractivity contribution in [2.45, 2.75) is 0 Å². The van der Waals surface area contributed by atoms with Gasteiger partial charge in [-0.3, -0.25) is 4.90 Å². The predicted molar refractivity (Wildman–Crippen MR) is 80.3 cm³/mol. The number of hydrogen-bond acceptors (Lipinski definition) is 4. The van der Waals surface area contributed by atoms with E-state index in [1.54, 1.807) is 0 Å². The summed E-state index contributed by atoms with van der Waals surface area (Å²) >= 11 is 0. The zero-order chi connectivity index (χ0) is 16.3. The van der Waals surface area contributed by atoms with Crippen LogP contribution in [-0.2, 0) is 0 Å². The minimum absolute atomic E-state index is 0.0342. The molecule has 116 valence electrons. The molecule has 0 fully saturated rings. The highest BCUT2D eigenvalue weighted by molar-refractivity contribution is 5.90. The lowest BCUT2D eigenvalue weighted by Crippen LogP contribution is -2.24. The maximum Gasteiger partial charge on any atom is 0.411 e. The van der Waals surface area contributed by atoms with Gasteiger partial charge in [-0.05, 0) is 24.3 Å². The maximum atomic E-state index is 13.7. The summed E-state index contributed by atoms with van der Waals surface area (Å²) in [4.78, 5) is 12.0. The number of nitrogen functional groups attached to an aromatic ring is 1. The number of nitrogens with two attached hydrogens (primary N) is 1. The van der Waals surface area contributed by atoms with Crippen molar-refractivity contribution in [3.63, 3.8) is 0 Å². The first-order valence-corrected chi connectivity index (χ1v) is 6.30. The summed E-state index contributed by atoms with van der Waals surface area (Å²) in [7, 11) is 2.81. The molecule has 7 heteroatoms. The van der Waals surface area contributed by atoms with Crippen molar-refractivity contribution in [2.24, 2.45) is 0 Å². The highest BCUT2D eigenvalue weighted by atomic mass is 19.1. The van der Waals surface area contributed by atoms with Crippen LogP contribution in [0.25, 0.3) is 0 Å². The molecule has 0 atom stereocenters. The Morgan fingerprint density at radius 1 is 1.23 bits per heavy atom. The monoisotopic (exact) mass is 306 g/mol. The number of anilines is 2. The van der Waals surface area contributed by atoms with Gasteiger partial charge in [0.15, 0.2) is 11.6 Å². The van der Waals surface area contributed by atoms with Crippen molar-refractivity contribution in [3.8, 4) is 17.2 Å². The average Bonchev–Trinajstić information content (AvgIpc) is 2.50. The van der Waals surface area contributed by atoms with Gasteiger partial charge in [0.05, 0.1) is 18.5 Å². The molecule has 0 saturated heterocycles. The number of halogens is 1. The molecule has 0 aliphatic rings. The van der Waals surface area contributed by atoms with Gasteiger partial charge >= 0.3 is 6.09 Å². The largest absolute Gasteiger partial charge is 0.497 e. The minimum atomic E-state index is -1.17. The Morgan fingerprint density at radius 2 is 1.91 bits per heavy atom. The third-order valence-corrected chi connectivity index (χ3v) is 3.02. The van der Waals surface area contributed by atoms with Gasteiger partial charge < -0.3 is 20.3 Å². The molecule has 2 rings (SSSR count). The van der Waals surface area contributed by atoms with Crippen LogP contribution in [-0.4, -0.2) is 25.4 Å². The fourth-order valence-corrected chi connectivity index (χ4v) is 1.80. The van der Waals surface area contributed by atoms with Gasteiger partial charge in [-0.1, -0.05) is 0 Å². The van der Waals surface area contributed by atoms with Gasteiger partial charge in [0.2, 0.25) is 0 Å². The number of amides is 1. The van der Waals surface area contributed by atoms with Gasteiger partial charge in [-0.2, -0.15) is 0 Å². The van der Waals surface area contributed by atoms with Crippen molar-refractivity contribution < 1.29 is 23.8 Å². The third-order valence-electron chi connectivity index (χ3n) is 3.02. The minimum Gasteiger partial charge on any atom is -0.497 e. The summed E-state index contributed by atoms with van der Waals surface area (Å²) in [5.41, 5.74) is 6.25. The Kier molecular flexibility index (Phi) is 4.36. The van der Waals surface area contributed by atoms with Crippen LogP contribution in [0.3, 0.4) is 0 Å². The van der Waals surface area contributed by atoms with E-state index in [0.717, 1.165) is 4.90 Å². The lowest BCUT2D eigenvalue weighted by molar-refractivity contribution is 0.203. The van der Waals surface area contributed by atoms with Crippen molar-refractivity contribution in [1.29, 1.82) is 0 Å². The van der Waals surface area contributed by atoms with E-state index in [9.17, 15) is 9.18 Å². The summed E-state index contributed by atoms with van der Waals surface area (Å²) in [6, 6.07) is 8.51. The molecule has 3 N–H and O–H groups in total. The number of nitrogens with zero attached hydrogens (tertiary/aromatic N) is 1. The fraction of sp³-hybridized carbons (Fsp3) is 0.133. The van der Waals surface area contributed by atoms with Crippen molar-refractivity contribution in [1.82, 2.24) is 0 Å².